The summed E-state index contributed by atoms with van der Waals surface area (Å²) in [5, 5.41) is 0. The molecule has 28 valence electrons. The van der Waals surface area contributed by atoms with Crippen molar-refractivity contribution < 1.29 is 0 Å². The van der Waals surface area contributed by atoms with Gasteiger partial charge in [-0.2, -0.15) is 0 Å². The molecule has 0 aliphatic rings. The summed E-state index contributed by atoms with van der Waals surface area (Å²) in [6, 6.07) is 0. The lowest BCUT2D eigenvalue weighted by molar-refractivity contribution is 2.10. The highest BCUT2D eigenvalue weighted by Crippen LogP contribution is 1.66. The van der Waals surface area contributed by atoms with Crippen molar-refractivity contribution in [2.45, 2.75) is 13.0 Å². The van der Waals surface area contributed by atoms with Crippen LogP contribution in [0.2, 0.25) is 13.0 Å². The maximum Gasteiger partial charge on any atom is 0.0510 e. The Balaban J connectivity index is 2.45. The van der Waals surface area contributed by atoms with E-state index in [2.05, 4.69) is 0 Å². The Morgan fingerprint density at radius 3 is 2.71 bits per heavy atom. The summed E-state index contributed by atoms with van der Waals surface area (Å²) in [4.78, 5) is 0. The maximum atomic E-state index is 5.08. The van der Waals surface area contributed by atoms with E-state index in [1.165, 1.54) is 0 Å². The van der Waals surface area contributed by atoms with E-state index in [0.29, 0.717) is 0 Å². The van der Waals surface area contributed by atoms with Crippen molar-refractivity contribution in [3.8, 4) is 0 Å². The molecular weight excluding hydrogens is 78.1 g/mol. The molecule has 0 unspecified atom stereocenters. The largest absolute Gasteiger partial charge is 0.122 e. The van der Waals surface area contributed by atoms with E-state index >= 15 is 0 Å². The van der Waals surface area contributed by atoms with Crippen molar-refractivity contribution in [2.24, 2.45) is 0 Å². The number of hydrogen-bond donors (Lipinski definition) is 0. The maximum absolute atomic E-state index is 5.08. The van der Waals surface area contributed by atoms with Crippen molar-refractivity contribution in [2.75, 3.05) is 0 Å². The average molecular weight is 83.1 g/mol. The molecule has 0 spiro atoms. The fourth-order valence-corrected chi connectivity index (χ4v) is 0.293. The van der Waals surface area contributed by atoms with Gasteiger partial charge in [0.2, 0.25) is 0 Å². The lowest BCUT2D eigenvalue weighted by atomic mass is 9.16. The second-order valence-electron chi connectivity index (χ2n) is 1.23. The van der Waals surface area contributed by atoms with Crippen LogP contribution < -0.4 is 0 Å². The quantitative estimate of drug-likeness (QED) is 0.306. The third-order valence-electron chi connectivity index (χ3n) is 0.601. The predicted molar refractivity (Wildman–Crippen MR) is 39.4 cm³/mol. The van der Waals surface area contributed by atoms with Crippen LogP contribution in [0.4, 0.5) is 0 Å². The zero-order valence-electron chi connectivity index (χ0n) is 4.59. The van der Waals surface area contributed by atoms with Gasteiger partial charge in [0.15, 0.2) is 0 Å². The molecule has 6 radical (unpaired) electrons. The van der Waals surface area contributed by atoms with Gasteiger partial charge in [-0.1, -0.05) is 0 Å². The number of rotatable bonds is 4. The molecule has 5 heteroatoms. The van der Waals surface area contributed by atoms with Crippen LogP contribution in [-0.2, 0) is 0 Å². The van der Waals surface area contributed by atoms with Crippen LogP contribution in [0.1, 0.15) is 0 Å². The van der Waals surface area contributed by atoms with Gasteiger partial charge in [0.05, 0.1) is 7.17 Å². The van der Waals surface area contributed by atoms with Gasteiger partial charge in [-0.25, -0.2) is 0 Å². The second-order valence-corrected chi connectivity index (χ2v) is 1.23. The summed E-state index contributed by atoms with van der Waals surface area (Å²) in [7, 11) is 12.7. The molecule has 0 saturated heterocycles. The Kier molecular flexibility index (Phi) is 6.62. The van der Waals surface area contributed by atoms with Crippen LogP contribution in [0.3, 0.4) is 0 Å². The minimum Gasteiger partial charge on any atom is -0.122 e. The van der Waals surface area contributed by atoms with Crippen LogP contribution in [0.5, 0.6) is 0 Å². The third kappa shape index (κ3) is 6.32. The van der Waals surface area contributed by atoms with Gasteiger partial charge >= 0.3 is 0 Å². The van der Waals surface area contributed by atoms with Crippen molar-refractivity contribution >= 4 is 36.3 Å². The van der Waals surface area contributed by atoms with Crippen molar-refractivity contribution in [3.05, 3.63) is 0 Å². The molecule has 0 aromatic rings. The highest BCUT2D eigenvalue weighted by Gasteiger charge is 1.85. The van der Waals surface area contributed by atoms with Crippen LogP contribution in [-0.4, -0.2) is 36.3 Å². The van der Waals surface area contributed by atoms with Crippen LogP contribution in [0.25, 0.3) is 0 Å². The molecule has 0 saturated carbocycles. The van der Waals surface area contributed by atoms with Crippen molar-refractivity contribution in [1.29, 1.82) is 0 Å². The summed E-state index contributed by atoms with van der Waals surface area (Å²) in [5.41, 5.74) is 0. The highest BCUT2D eigenvalue weighted by molar-refractivity contribution is 7.30. The number of hydrogen-bond acceptors (Lipinski definition) is 0. The highest BCUT2D eigenvalue weighted by atomic mass is 13.1. The molecule has 0 rings (SSSR count). The van der Waals surface area contributed by atoms with Crippen molar-refractivity contribution in [3.63, 3.8) is 0 Å². The smallest absolute Gasteiger partial charge is 0.0510 e. The van der Waals surface area contributed by atoms with E-state index in [-0.39, 0.29) is 0 Å². The molecule has 0 aromatic carbocycles. The third-order valence-corrected chi connectivity index (χ3v) is 0.601. The molecule has 0 bridgehead atoms. The van der Waals surface area contributed by atoms with Crippen LogP contribution in [0.15, 0.2) is 0 Å². The lowest BCUT2D eigenvalue weighted by Gasteiger charge is -1.85. The molecule has 0 heterocycles. The van der Waals surface area contributed by atoms with Gasteiger partial charge in [0.1, 0.15) is 0 Å². The van der Waals surface area contributed by atoms with Gasteiger partial charge in [0.25, 0.3) is 0 Å². The SMILES string of the molecule is [B][B]C[B][B][B]C. The van der Waals surface area contributed by atoms with Gasteiger partial charge in [-0.15, -0.1) is 13.0 Å². The topological polar surface area (TPSA) is 0 Å². The molecule has 0 aliphatic heterocycles. The van der Waals surface area contributed by atoms with Gasteiger partial charge < -0.3 is 0 Å². The standard InChI is InChI=1S/C2H5B5/c1-4-7-6-2-5-3/h2H2,1H3. The summed E-state index contributed by atoms with van der Waals surface area (Å²) < 4.78 is 0. The fourth-order valence-electron chi connectivity index (χ4n) is 0.293. The lowest BCUT2D eigenvalue weighted by Crippen LogP contribution is -2.11. The molecule has 0 atom stereocenters. The molecule has 0 fully saturated rings. The molecular formula is C2H5B5. The Bertz CT molecular complexity index is 25.3. The zero-order chi connectivity index (χ0) is 5.54. The Morgan fingerprint density at radius 1 is 1.57 bits per heavy atom. The first-order valence-corrected chi connectivity index (χ1v) is 2.39. The normalized spacial score (nSPS) is 7.00. The first-order chi connectivity index (χ1) is 3.41. The fraction of sp³-hybridized carbons (Fsp3) is 1.00. The van der Waals surface area contributed by atoms with Gasteiger partial charge in [0, 0.05) is 29.1 Å². The summed E-state index contributed by atoms with van der Waals surface area (Å²) in [5.74, 6) is 0. The first-order valence-electron chi connectivity index (χ1n) is 2.39. The molecule has 0 amide bonds. The summed E-state index contributed by atoms with van der Waals surface area (Å²) in [6.45, 7) is 1.98. The second kappa shape index (κ2) is 6.32. The van der Waals surface area contributed by atoms with Gasteiger partial charge in [-0.3, -0.25) is 0 Å². The van der Waals surface area contributed by atoms with E-state index in [4.69, 9.17) is 7.74 Å². The molecule has 0 N–H and O–H groups in total. The van der Waals surface area contributed by atoms with E-state index in [9.17, 15) is 0 Å². The van der Waals surface area contributed by atoms with E-state index in [1.807, 2.05) is 28.2 Å². The van der Waals surface area contributed by atoms with Crippen LogP contribution >= 0.6 is 0 Å². The molecule has 7 heavy (non-hydrogen) atoms. The minimum absolute atomic E-state index is 0.865. The minimum atomic E-state index is 0.865. The first kappa shape index (κ1) is 7.32. The zero-order valence-corrected chi connectivity index (χ0v) is 4.59. The average Bonchev–Trinajstić information content (AvgIpc) is 1.69. The monoisotopic (exact) mass is 84.1 g/mol. The predicted octanol–water partition coefficient (Wildman–Crippen LogP) is -0.859. The molecule has 0 aliphatic carbocycles. The van der Waals surface area contributed by atoms with Crippen molar-refractivity contribution in [1.82, 2.24) is 0 Å². The van der Waals surface area contributed by atoms with E-state index < -0.39 is 0 Å². The van der Waals surface area contributed by atoms with Crippen LogP contribution in [0, 0.1) is 0 Å². The Hall–Kier alpha value is 0.325. The Labute approximate surface area is 50.2 Å². The summed E-state index contributed by atoms with van der Waals surface area (Å²) in [6.07, 6.45) is 0.865. The molecule has 0 aromatic heterocycles. The molecule has 0 nitrogen and oxygen atoms in total. The van der Waals surface area contributed by atoms with E-state index in [0.717, 1.165) is 6.22 Å². The Morgan fingerprint density at radius 2 is 2.29 bits per heavy atom. The van der Waals surface area contributed by atoms with E-state index in [1.54, 1.807) is 7.17 Å². The summed E-state index contributed by atoms with van der Waals surface area (Å²) >= 11 is 0. The van der Waals surface area contributed by atoms with Gasteiger partial charge in [-0.05, 0) is 0 Å².